The molecule has 0 radical (unpaired) electrons. The smallest absolute Gasteiger partial charge is 0.410 e. The van der Waals surface area contributed by atoms with Crippen molar-refractivity contribution in [3.8, 4) is 0 Å². The first-order valence-electron chi connectivity index (χ1n) is 10.9. The molecule has 1 unspecified atom stereocenters. The van der Waals surface area contributed by atoms with Gasteiger partial charge in [-0.2, -0.15) is 0 Å². The number of benzene rings is 1. The molecule has 31 heavy (non-hydrogen) atoms. The number of aromatic nitrogens is 1. The summed E-state index contributed by atoms with van der Waals surface area (Å²) in [4.78, 5) is 31.8. The number of nitrogens with zero attached hydrogens (tertiary/aromatic N) is 2. The molecular formula is C25H33N3O3. The lowest BCUT2D eigenvalue weighted by molar-refractivity contribution is -0.127. The number of amides is 2. The van der Waals surface area contributed by atoms with Crippen molar-refractivity contribution < 1.29 is 14.3 Å². The van der Waals surface area contributed by atoms with Crippen LogP contribution in [0.15, 0.2) is 42.6 Å². The summed E-state index contributed by atoms with van der Waals surface area (Å²) in [6, 6.07) is 11.7. The van der Waals surface area contributed by atoms with E-state index in [9.17, 15) is 9.59 Å². The van der Waals surface area contributed by atoms with Crippen molar-refractivity contribution in [2.75, 3.05) is 13.1 Å². The number of ether oxygens (including phenoxy) is 1. The van der Waals surface area contributed by atoms with Crippen molar-refractivity contribution in [3.63, 3.8) is 0 Å². The summed E-state index contributed by atoms with van der Waals surface area (Å²) in [5.41, 5.74) is 3.53. The summed E-state index contributed by atoms with van der Waals surface area (Å²) in [6.45, 7) is 10.7. The Morgan fingerprint density at radius 2 is 1.71 bits per heavy atom. The normalized spacial score (nSPS) is 16.0. The molecule has 0 spiro atoms. The van der Waals surface area contributed by atoms with Gasteiger partial charge in [-0.3, -0.25) is 9.78 Å². The molecule has 1 N–H and O–H groups in total. The predicted octanol–water partition coefficient (Wildman–Crippen LogP) is 4.55. The van der Waals surface area contributed by atoms with Crippen molar-refractivity contribution in [2.45, 2.75) is 59.1 Å². The van der Waals surface area contributed by atoms with Crippen LogP contribution in [-0.4, -0.2) is 40.6 Å². The van der Waals surface area contributed by atoms with Crippen LogP contribution in [0.25, 0.3) is 0 Å². The van der Waals surface area contributed by atoms with Gasteiger partial charge >= 0.3 is 6.09 Å². The zero-order valence-corrected chi connectivity index (χ0v) is 19.1. The number of pyridine rings is 1. The molecule has 3 rings (SSSR count). The van der Waals surface area contributed by atoms with Crippen LogP contribution in [0.4, 0.5) is 4.79 Å². The van der Waals surface area contributed by atoms with Crippen molar-refractivity contribution in [2.24, 2.45) is 5.92 Å². The number of nitrogens with one attached hydrogen (secondary N) is 1. The minimum atomic E-state index is -0.521. The van der Waals surface area contributed by atoms with Gasteiger partial charge < -0.3 is 15.0 Å². The van der Waals surface area contributed by atoms with Crippen LogP contribution in [0.3, 0.4) is 0 Å². The second-order valence-corrected chi connectivity index (χ2v) is 9.25. The molecule has 2 amide bonds. The van der Waals surface area contributed by atoms with Gasteiger partial charge in [0, 0.05) is 25.2 Å². The van der Waals surface area contributed by atoms with Crippen LogP contribution in [0.1, 0.15) is 62.0 Å². The molecule has 166 valence electrons. The maximum Gasteiger partial charge on any atom is 0.410 e. The first-order chi connectivity index (χ1) is 14.7. The van der Waals surface area contributed by atoms with Crippen LogP contribution in [0.2, 0.25) is 0 Å². The van der Waals surface area contributed by atoms with Gasteiger partial charge in [0.05, 0.1) is 11.7 Å². The summed E-state index contributed by atoms with van der Waals surface area (Å²) in [6.07, 6.45) is 2.69. The second-order valence-electron chi connectivity index (χ2n) is 9.25. The third-order valence-electron chi connectivity index (χ3n) is 5.63. The third kappa shape index (κ3) is 5.84. The van der Waals surface area contributed by atoms with E-state index in [4.69, 9.17) is 4.74 Å². The zero-order chi connectivity index (χ0) is 22.6. The minimum absolute atomic E-state index is 0.00199. The molecule has 6 nitrogen and oxygen atoms in total. The standard InChI is InChI=1S/C25H33N3O3/c1-17-9-6-7-11-20(17)22(21-18(2)10-8-14-26-21)27-23(29)19-12-15-28(16-13-19)24(30)31-25(3,4)5/h6-11,14,19,22H,12-13,15-16H2,1-5H3,(H,27,29). The van der Waals surface area contributed by atoms with E-state index < -0.39 is 5.60 Å². The number of carbonyl (C=O) groups excluding carboxylic acids is 2. The lowest BCUT2D eigenvalue weighted by Crippen LogP contribution is -2.45. The molecule has 1 atom stereocenters. The van der Waals surface area contributed by atoms with Crippen LogP contribution in [0.5, 0.6) is 0 Å². The molecule has 1 aromatic heterocycles. The number of likely N-dealkylation sites (tertiary alicyclic amines) is 1. The predicted molar refractivity (Wildman–Crippen MR) is 121 cm³/mol. The van der Waals surface area contributed by atoms with Crippen LogP contribution in [-0.2, 0) is 9.53 Å². The molecule has 1 aliphatic heterocycles. The van der Waals surface area contributed by atoms with Crippen molar-refractivity contribution in [1.82, 2.24) is 15.2 Å². The number of carbonyl (C=O) groups is 2. The highest BCUT2D eigenvalue weighted by Crippen LogP contribution is 2.27. The monoisotopic (exact) mass is 423 g/mol. The van der Waals surface area contributed by atoms with E-state index in [1.807, 2.05) is 71.0 Å². The molecule has 0 saturated carbocycles. The average Bonchev–Trinajstić information content (AvgIpc) is 2.72. The van der Waals surface area contributed by atoms with Crippen molar-refractivity contribution >= 4 is 12.0 Å². The molecule has 1 saturated heterocycles. The number of aryl methyl sites for hydroxylation is 2. The highest BCUT2D eigenvalue weighted by Gasteiger charge is 2.31. The quantitative estimate of drug-likeness (QED) is 0.783. The summed E-state index contributed by atoms with van der Waals surface area (Å²) in [5.74, 6) is -0.142. The van der Waals surface area contributed by atoms with E-state index in [2.05, 4.69) is 10.3 Å². The zero-order valence-electron chi connectivity index (χ0n) is 19.1. The highest BCUT2D eigenvalue weighted by atomic mass is 16.6. The fraction of sp³-hybridized carbons (Fsp3) is 0.480. The summed E-state index contributed by atoms with van der Waals surface area (Å²) < 4.78 is 5.46. The molecular weight excluding hydrogens is 390 g/mol. The lowest BCUT2D eigenvalue weighted by Gasteiger charge is -2.33. The largest absolute Gasteiger partial charge is 0.444 e. The Balaban J connectivity index is 1.72. The number of hydrogen-bond acceptors (Lipinski definition) is 4. The lowest BCUT2D eigenvalue weighted by atomic mass is 9.92. The molecule has 2 heterocycles. The van der Waals surface area contributed by atoms with Crippen LogP contribution < -0.4 is 5.32 Å². The minimum Gasteiger partial charge on any atom is -0.444 e. The molecule has 2 aromatic rings. The molecule has 1 aliphatic rings. The average molecular weight is 424 g/mol. The van der Waals surface area contributed by atoms with Crippen molar-refractivity contribution in [3.05, 3.63) is 65.0 Å². The fourth-order valence-electron chi connectivity index (χ4n) is 3.92. The first kappa shape index (κ1) is 22.8. The fourth-order valence-corrected chi connectivity index (χ4v) is 3.92. The van der Waals surface area contributed by atoms with Gasteiger partial charge in [-0.05, 0) is 70.2 Å². The molecule has 1 fully saturated rings. The highest BCUT2D eigenvalue weighted by molar-refractivity contribution is 5.80. The molecule has 6 heteroatoms. The maximum atomic E-state index is 13.2. The Hall–Kier alpha value is -2.89. The summed E-state index contributed by atoms with van der Waals surface area (Å²) >= 11 is 0. The number of hydrogen-bond donors (Lipinski definition) is 1. The van der Waals surface area contributed by atoms with E-state index in [1.54, 1.807) is 11.1 Å². The summed E-state index contributed by atoms with van der Waals surface area (Å²) in [5, 5.41) is 3.25. The van der Waals surface area contributed by atoms with E-state index in [0.717, 1.165) is 22.4 Å². The Morgan fingerprint density at radius 1 is 1.06 bits per heavy atom. The second kappa shape index (κ2) is 9.50. The third-order valence-corrected chi connectivity index (χ3v) is 5.63. The van der Waals surface area contributed by atoms with Gasteiger partial charge in [0.1, 0.15) is 5.60 Å². The Bertz CT molecular complexity index is 882. The van der Waals surface area contributed by atoms with Gasteiger partial charge in [-0.25, -0.2) is 4.79 Å². The van der Waals surface area contributed by atoms with E-state index in [-0.39, 0.29) is 24.0 Å². The van der Waals surface area contributed by atoms with Crippen LogP contribution >= 0.6 is 0 Å². The number of piperidine rings is 1. The topological polar surface area (TPSA) is 71.5 Å². The Kier molecular flexibility index (Phi) is 6.98. The Labute approximate surface area is 185 Å². The summed E-state index contributed by atoms with van der Waals surface area (Å²) in [7, 11) is 0. The molecule has 0 aliphatic carbocycles. The van der Waals surface area contributed by atoms with Gasteiger partial charge in [0.15, 0.2) is 0 Å². The van der Waals surface area contributed by atoms with Gasteiger partial charge in [0.25, 0.3) is 0 Å². The Morgan fingerprint density at radius 3 is 2.32 bits per heavy atom. The van der Waals surface area contributed by atoms with Gasteiger partial charge in [-0.15, -0.1) is 0 Å². The van der Waals surface area contributed by atoms with Gasteiger partial charge in [-0.1, -0.05) is 30.3 Å². The van der Waals surface area contributed by atoms with E-state index in [0.29, 0.717) is 25.9 Å². The van der Waals surface area contributed by atoms with E-state index >= 15 is 0 Å². The molecule has 0 bridgehead atoms. The maximum absolute atomic E-state index is 13.2. The van der Waals surface area contributed by atoms with Gasteiger partial charge in [0.2, 0.25) is 5.91 Å². The van der Waals surface area contributed by atoms with E-state index in [1.165, 1.54) is 0 Å². The van der Waals surface area contributed by atoms with Crippen molar-refractivity contribution in [1.29, 1.82) is 0 Å². The SMILES string of the molecule is Cc1ccccc1C(NC(=O)C1CCN(C(=O)OC(C)(C)C)CC1)c1ncccc1C. The number of rotatable bonds is 4. The first-order valence-corrected chi connectivity index (χ1v) is 10.9. The molecule has 1 aromatic carbocycles. The van der Waals surface area contributed by atoms with Crippen LogP contribution in [0, 0.1) is 19.8 Å².